The van der Waals surface area contributed by atoms with Crippen LogP contribution in [0, 0.1) is 5.82 Å². The van der Waals surface area contributed by atoms with Crippen LogP contribution in [0.1, 0.15) is 27.0 Å². The van der Waals surface area contributed by atoms with Gasteiger partial charge >= 0.3 is 0 Å². The predicted molar refractivity (Wildman–Crippen MR) is 122 cm³/mol. The van der Waals surface area contributed by atoms with E-state index in [1.165, 1.54) is 18.2 Å². The van der Waals surface area contributed by atoms with E-state index in [2.05, 4.69) is 10.3 Å². The van der Waals surface area contributed by atoms with Gasteiger partial charge in [-0.2, -0.15) is 0 Å². The molecule has 0 saturated heterocycles. The molecule has 0 unspecified atom stereocenters. The van der Waals surface area contributed by atoms with E-state index in [1.807, 2.05) is 18.2 Å². The Bertz CT molecular complexity index is 1310. The number of rotatable bonds is 3. The summed E-state index contributed by atoms with van der Waals surface area (Å²) in [5, 5.41) is 3.06. The maximum atomic E-state index is 14.8. The van der Waals surface area contributed by atoms with Crippen molar-refractivity contribution in [3.63, 3.8) is 0 Å². The number of hydrogen-bond donors (Lipinski definition) is 2. The van der Waals surface area contributed by atoms with Gasteiger partial charge in [0.05, 0.1) is 17.0 Å². The Morgan fingerprint density at radius 1 is 1.12 bits per heavy atom. The van der Waals surface area contributed by atoms with Crippen LogP contribution in [-0.2, 0) is 11.2 Å². The summed E-state index contributed by atoms with van der Waals surface area (Å²) in [6, 6.07) is 16.4. The molecular weight excluding hydrogens is 431 g/mol. The Balaban J connectivity index is 1.62. The minimum atomic E-state index is -1.24. The standard InChI is InChI=1S/C24H18ClFN4O2/c25-14-8-9-16(19(27)12-14)23(31)29-22-24(32)30-11-10-13-4-3-6-17(21(13)30)20(28-22)15-5-1-2-7-18(15)26/h1-9,12,22H,10-11,27H2,(H,29,31)/t22-/m1/s1. The fraction of sp³-hybridized carbons (Fsp3) is 0.125. The molecule has 0 saturated carbocycles. The van der Waals surface area contributed by atoms with Crippen molar-refractivity contribution in [2.75, 3.05) is 17.2 Å². The number of carbonyl (C=O) groups excluding carboxylic acids is 2. The summed E-state index contributed by atoms with van der Waals surface area (Å²) >= 11 is 5.93. The predicted octanol–water partition coefficient (Wildman–Crippen LogP) is 3.56. The van der Waals surface area contributed by atoms with Crippen LogP contribution in [0.25, 0.3) is 0 Å². The van der Waals surface area contributed by atoms with Gasteiger partial charge in [0.2, 0.25) is 6.17 Å². The van der Waals surface area contributed by atoms with Gasteiger partial charge in [-0.25, -0.2) is 9.38 Å². The normalized spacial score (nSPS) is 16.9. The first-order valence-electron chi connectivity index (χ1n) is 10.1. The molecule has 0 fully saturated rings. The van der Waals surface area contributed by atoms with Crippen LogP contribution in [0.3, 0.4) is 0 Å². The number of hydrogen-bond acceptors (Lipinski definition) is 4. The lowest BCUT2D eigenvalue weighted by molar-refractivity contribution is -0.120. The van der Waals surface area contributed by atoms with Crippen molar-refractivity contribution in [1.29, 1.82) is 0 Å². The fourth-order valence-corrected chi connectivity index (χ4v) is 4.35. The second-order valence-electron chi connectivity index (χ2n) is 7.62. The van der Waals surface area contributed by atoms with Gasteiger partial charge in [0.1, 0.15) is 5.82 Å². The first kappa shape index (κ1) is 20.2. The lowest BCUT2D eigenvalue weighted by Gasteiger charge is -2.21. The average Bonchev–Trinajstić information content (AvgIpc) is 3.16. The first-order chi connectivity index (χ1) is 15.4. The molecule has 160 valence electrons. The third-order valence-corrected chi connectivity index (χ3v) is 5.90. The molecule has 2 amide bonds. The zero-order chi connectivity index (χ0) is 22.4. The Morgan fingerprint density at radius 3 is 2.69 bits per heavy atom. The van der Waals surface area contributed by atoms with Gasteiger partial charge in [-0.15, -0.1) is 0 Å². The molecule has 3 N–H and O–H groups in total. The molecule has 2 aliphatic rings. The summed E-state index contributed by atoms with van der Waals surface area (Å²) in [4.78, 5) is 32.5. The van der Waals surface area contributed by atoms with Crippen LogP contribution < -0.4 is 16.0 Å². The maximum absolute atomic E-state index is 14.8. The van der Waals surface area contributed by atoms with E-state index in [0.29, 0.717) is 35.0 Å². The van der Waals surface area contributed by atoms with E-state index in [9.17, 15) is 14.0 Å². The molecule has 0 spiro atoms. The fourth-order valence-electron chi connectivity index (χ4n) is 4.17. The molecule has 0 aliphatic carbocycles. The summed E-state index contributed by atoms with van der Waals surface area (Å²) < 4.78 is 14.8. The smallest absolute Gasteiger partial charge is 0.272 e. The summed E-state index contributed by atoms with van der Waals surface area (Å²) in [6.45, 7) is 0.459. The van der Waals surface area contributed by atoms with Crippen molar-refractivity contribution in [3.8, 4) is 0 Å². The van der Waals surface area contributed by atoms with Crippen molar-refractivity contribution < 1.29 is 14.0 Å². The maximum Gasteiger partial charge on any atom is 0.272 e. The average molecular weight is 449 g/mol. The Kier molecular flexibility index (Phi) is 4.90. The van der Waals surface area contributed by atoms with Crippen LogP contribution in [0.4, 0.5) is 15.8 Å². The van der Waals surface area contributed by atoms with Crippen molar-refractivity contribution in [1.82, 2.24) is 5.32 Å². The Labute approximate surface area is 188 Å². The zero-order valence-electron chi connectivity index (χ0n) is 16.8. The summed E-state index contributed by atoms with van der Waals surface area (Å²) in [5.41, 5.74) is 9.21. The summed E-state index contributed by atoms with van der Waals surface area (Å²) in [5.74, 6) is -1.42. The quantitative estimate of drug-likeness (QED) is 0.600. The molecule has 3 aromatic carbocycles. The highest BCUT2D eigenvalue weighted by atomic mass is 35.5. The summed E-state index contributed by atoms with van der Waals surface area (Å²) in [6.07, 6.45) is -0.574. The van der Waals surface area contributed by atoms with E-state index >= 15 is 0 Å². The molecule has 1 atom stereocenters. The van der Waals surface area contributed by atoms with E-state index in [0.717, 1.165) is 5.56 Å². The molecular formula is C24H18ClFN4O2. The van der Waals surface area contributed by atoms with E-state index in [1.54, 1.807) is 29.2 Å². The lowest BCUT2D eigenvalue weighted by Crippen LogP contribution is -2.47. The minimum Gasteiger partial charge on any atom is -0.398 e. The number of nitrogens with one attached hydrogen (secondary N) is 1. The highest BCUT2D eigenvalue weighted by molar-refractivity contribution is 6.31. The Hall–Kier alpha value is -3.71. The van der Waals surface area contributed by atoms with Crippen molar-refractivity contribution in [2.45, 2.75) is 12.6 Å². The third kappa shape index (κ3) is 3.31. The third-order valence-electron chi connectivity index (χ3n) is 5.66. The number of aliphatic imine (C=N–C) groups is 1. The van der Waals surface area contributed by atoms with Crippen molar-refractivity contribution in [2.24, 2.45) is 4.99 Å². The molecule has 0 aromatic heterocycles. The van der Waals surface area contributed by atoms with Crippen LogP contribution >= 0.6 is 11.6 Å². The van der Waals surface area contributed by atoms with E-state index in [-0.39, 0.29) is 22.7 Å². The largest absolute Gasteiger partial charge is 0.398 e. The number of nitrogen functional groups attached to an aromatic ring is 1. The van der Waals surface area contributed by atoms with Crippen LogP contribution in [0.2, 0.25) is 5.02 Å². The second kappa shape index (κ2) is 7.76. The number of halogens is 2. The molecule has 5 rings (SSSR count). The van der Waals surface area contributed by atoms with E-state index in [4.69, 9.17) is 17.3 Å². The lowest BCUT2D eigenvalue weighted by atomic mass is 9.98. The van der Waals surface area contributed by atoms with Gasteiger partial charge in [0.15, 0.2) is 0 Å². The van der Waals surface area contributed by atoms with Gasteiger partial charge in [-0.05, 0) is 42.3 Å². The topological polar surface area (TPSA) is 87.8 Å². The Morgan fingerprint density at radius 2 is 1.91 bits per heavy atom. The van der Waals surface area contributed by atoms with Gasteiger partial charge in [-0.1, -0.05) is 41.9 Å². The molecule has 6 nitrogen and oxygen atoms in total. The van der Waals surface area contributed by atoms with Crippen LogP contribution in [0.15, 0.2) is 65.7 Å². The van der Waals surface area contributed by atoms with Crippen LogP contribution in [0.5, 0.6) is 0 Å². The number of nitrogens with two attached hydrogens (primary N) is 1. The van der Waals surface area contributed by atoms with Crippen molar-refractivity contribution >= 4 is 40.5 Å². The minimum absolute atomic E-state index is 0.175. The molecule has 0 bridgehead atoms. The number of anilines is 2. The molecule has 3 aromatic rings. The van der Waals surface area contributed by atoms with Gasteiger partial charge < -0.3 is 16.0 Å². The molecule has 2 heterocycles. The number of nitrogens with zero attached hydrogens (tertiary/aromatic N) is 2. The first-order valence-corrected chi connectivity index (χ1v) is 10.4. The highest BCUT2D eigenvalue weighted by Crippen LogP contribution is 2.36. The monoisotopic (exact) mass is 448 g/mol. The van der Waals surface area contributed by atoms with Gasteiger partial charge in [0.25, 0.3) is 11.8 Å². The van der Waals surface area contributed by atoms with Gasteiger partial charge in [0, 0.05) is 28.4 Å². The van der Waals surface area contributed by atoms with Gasteiger partial charge in [-0.3, -0.25) is 9.59 Å². The van der Waals surface area contributed by atoms with Crippen molar-refractivity contribution in [3.05, 3.63) is 93.8 Å². The zero-order valence-corrected chi connectivity index (χ0v) is 17.6. The molecule has 0 radical (unpaired) electrons. The SMILES string of the molecule is Nc1cc(Cl)ccc1C(=O)N[C@H]1N=C(c2ccccc2F)c2cccc3c2N(CC3)C1=O. The number of para-hydroxylation sites is 1. The number of benzene rings is 3. The highest BCUT2D eigenvalue weighted by Gasteiger charge is 2.37. The number of amides is 2. The van der Waals surface area contributed by atoms with Crippen LogP contribution in [-0.4, -0.2) is 30.2 Å². The van der Waals surface area contributed by atoms with E-state index < -0.39 is 17.9 Å². The molecule has 32 heavy (non-hydrogen) atoms. The summed E-state index contributed by atoms with van der Waals surface area (Å²) in [7, 11) is 0. The molecule has 2 aliphatic heterocycles. The second-order valence-corrected chi connectivity index (χ2v) is 8.05. The number of carbonyl (C=O) groups is 2. The molecule has 8 heteroatoms.